The number of fused-ring (bicyclic) bond motifs is 1. The molecule has 0 spiro atoms. The third kappa shape index (κ3) is 4.08. The summed E-state index contributed by atoms with van der Waals surface area (Å²) in [6.07, 6.45) is 4.26. The molecule has 2 aromatic carbocycles. The maximum absolute atomic E-state index is 13.3. The van der Waals surface area contributed by atoms with Crippen LogP contribution in [0.5, 0.6) is 5.75 Å². The second-order valence-electron chi connectivity index (χ2n) is 7.87. The number of nitrogens with zero attached hydrogens (tertiary/aromatic N) is 1. The van der Waals surface area contributed by atoms with Gasteiger partial charge in [0.25, 0.3) is 0 Å². The Morgan fingerprint density at radius 1 is 1.07 bits per heavy atom. The molecule has 3 N–H and O–H groups in total. The van der Waals surface area contributed by atoms with Crippen LogP contribution in [0.2, 0.25) is 0 Å². The molecule has 0 radical (unpaired) electrons. The molecule has 2 heterocycles. The second kappa shape index (κ2) is 8.37. The number of carbonyl (C=O) groups is 1. The van der Waals surface area contributed by atoms with E-state index in [9.17, 15) is 18.3 Å². The van der Waals surface area contributed by atoms with Gasteiger partial charge in [0.2, 0.25) is 10.0 Å². The van der Waals surface area contributed by atoms with Crippen LogP contribution in [0.3, 0.4) is 0 Å². The highest BCUT2D eigenvalue weighted by Crippen LogP contribution is 2.34. The summed E-state index contributed by atoms with van der Waals surface area (Å²) >= 11 is 0. The fourth-order valence-corrected chi connectivity index (χ4v) is 5.69. The summed E-state index contributed by atoms with van der Waals surface area (Å²) in [5.41, 5.74) is 7.96. The van der Waals surface area contributed by atoms with E-state index < -0.39 is 16.0 Å². The zero-order valence-corrected chi connectivity index (χ0v) is 17.5. The van der Waals surface area contributed by atoms with E-state index in [1.165, 1.54) is 16.4 Å². The quantitative estimate of drug-likeness (QED) is 0.755. The first-order valence-electron chi connectivity index (χ1n) is 10.3. The number of rotatable bonds is 5. The van der Waals surface area contributed by atoms with Crippen LogP contribution in [0.1, 0.15) is 41.6 Å². The van der Waals surface area contributed by atoms with Gasteiger partial charge in [0.15, 0.2) is 0 Å². The number of aromatic carboxylic acids is 1. The zero-order chi connectivity index (χ0) is 21.3. The predicted molar refractivity (Wildman–Crippen MR) is 113 cm³/mol. The molecular weight excluding hydrogens is 404 g/mol. The minimum absolute atomic E-state index is 0.0240. The molecule has 30 heavy (non-hydrogen) atoms. The smallest absolute Gasteiger partial charge is 0.335 e. The Balaban J connectivity index is 1.75. The third-order valence-corrected chi connectivity index (χ3v) is 7.63. The van der Waals surface area contributed by atoms with E-state index in [2.05, 4.69) is 0 Å². The minimum Gasteiger partial charge on any atom is -0.488 e. The second-order valence-corrected chi connectivity index (χ2v) is 9.81. The standard InChI is InChI=1S/C22H26N2O5S/c23-14-19-11-17-9-15(5-6-21(17)29-19)16-10-18(22(25)26)13-20(12-16)30(27,28)24-7-3-1-2-4-8-24/h5-6,9-10,12-13,19H,1-4,7-8,11,14,23H2,(H,25,26)/t19-/m1/s1. The van der Waals surface area contributed by atoms with Crippen molar-refractivity contribution in [1.82, 2.24) is 4.31 Å². The fourth-order valence-electron chi connectivity index (χ4n) is 4.10. The summed E-state index contributed by atoms with van der Waals surface area (Å²) in [6.45, 7) is 1.34. The molecule has 2 aliphatic heterocycles. The molecule has 0 amide bonds. The molecule has 2 aromatic rings. The Bertz CT molecular complexity index is 1060. The lowest BCUT2D eigenvalue weighted by atomic mass is 9.99. The first kappa shape index (κ1) is 20.8. The van der Waals surface area contributed by atoms with Crippen LogP contribution in [0.25, 0.3) is 11.1 Å². The molecule has 4 rings (SSSR count). The average Bonchev–Trinajstić information content (AvgIpc) is 2.95. The van der Waals surface area contributed by atoms with Crippen LogP contribution >= 0.6 is 0 Å². The average molecular weight is 431 g/mol. The van der Waals surface area contributed by atoms with Gasteiger partial charge < -0.3 is 15.6 Å². The number of hydrogen-bond donors (Lipinski definition) is 2. The van der Waals surface area contributed by atoms with E-state index in [1.54, 1.807) is 6.07 Å². The van der Waals surface area contributed by atoms with Gasteiger partial charge in [0.1, 0.15) is 11.9 Å². The SMILES string of the molecule is NC[C@H]1Cc2cc(-c3cc(C(=O)O)cc(S(=O)(=O)N4CCCCCC4)c3)ccc2O1. The van der Waals surface area contributed by atoms with E-state index in [1.807, 2.05) is 18.2 Å². The van der Waals surface area contributed by atoms with E-state index in [-0.39, 0.29) is 16.6 Å². The lowest BCUT2D eigenvalue weighted by Crippen LogP contribution is -2.32. The number of sulfonamides is 1. The zero-order valence-electron chi connectivity index (χ0n) is 16.7. The van der Waals surface area contributed by atoms with Gasteiger partial charge in [-0.15, -0.1) is 0 Å². The summed E-state index contributed by atoms with van der Waals surface area (Å²) in [6, 6.07) is 9.92. The van der Waals surface area contributed by atoms with Gasteiger partial charge in [-0.25, -0.2) is 13.2 Å². The largest absolute Gasteiger partial charge is 0.488 e. The van der Waals surface area contributed by atoms with Crippen molar-refractivity contribution in [2.24, 2.45) is 5.73 Å². The Kier molecular flexibility index (Phi) is 5.81. The molecule has 0 saturated carbocycles. The third-order valence-electron chi connectivity index (χ3n) is 5.75. The minimum atomic E-state index is -3.77. The lowest BCUT2D eigenvalue weighted by Gasteiger charge is -2.20. The Hall–Kier alpha value is -2.42. The molecule has 1 saturated heterocycles. The fraction of sp³-hybridized carbons (Fsp3) is 0.409. The van der Waals surface area contributed by atoms with Gasteiger partial charge >= 0.3 is 5.97 Å². The topological polar surface area (TPSA) is 110 Å². The first-order valence-corrected chi connectivity index (χ1v) is 11.7. The van der Waals surface area contributed by atoms with Crippen molar-refractivity contribution in [3.8, 4) is 16.9 Å². The molecule has 0 aliphatic carbocycles. The molecule has 1 atom stereocenters. The molecule has 160 valence electrons. The predicted octanol–water partition coefficient (Wildman–Crippen LogP) is 2.88. The van der Waals surface area contributed by atoms with Gasteiger partial charge in [-0.3, -0.25) is 0 Å². The van der Waals surface area contributed by atoms with Gasteiger partial charge in [-0.2, -0.15) is 4.31 Å². The van der Waals surface area contributed by atoms with E-state index in [0.717, 1.165) is 42.6 Å². The Morgan fingerprint density at radius 3 is 2.47 bits per heavy atom. The van der Waals surface area contributed by atoms with Crippen molar-refractivity contribution in [2.75, 3.05) is 19.6 Å². The molecule has 0 bridgehead atoms. The molecule has 8 heteroatoms. The number of nitrogens with two attached hydrogens (primary N) is 1. The van der Waals surface area contributed by atoms with Crippen LogP contribution in [0, 0.1) is 0 Å². The van der Waals surface area contributed by atoms with Gasteiger partial charge in [0, 0.05) is 26.1 Å². The van der Waals surface area contributed by atoms with Gasteiger partial charge in [0.05, 0.1) is 10.5 Å². The molecule has 0 unspecified atom stereocenters. The summed E-state index contributed by atoms with van der Waals surface area (Å²) in [5, 5.41) is 9.58. The monoisotopic (exact) mass is 430 g/mol. The number of carboxylic acids is 1. The van der Waals surface area contributed by atoms with Crippen molar-refractivity contribution in [3.63, 3.8) is 0 Å². The van der Waals surface area contributed by atoms with Gasteiger partial charge in [-0.1, -0.05) is 18.9 Å². The molecule has 0 aromatic heterocycles. The van der Waals surface area contributed by atoms with Crippen LogP contribution < -0.4 is 10.5 Å². The molecular formula is C22H26N2O5S. The van der Waals surface area contributed by atoms with Crippen LogP contribution in [0.4, 0.5) is 0 Å². The van der Waals surface area contributed by atoms with Gasteiger partial charge in [-0.05, 0) is 59.9 Å². The first-order chi connectivity index (χ1) is 14.4. The highest BCUT2D eigenvalue weighted by atomic mass is 32.2. The number of ether oxygens (including phenoxy) is 1. The normalized spacial score (nSPS) is 19.7. The maximum Gasteiger partial charge on any atom is 0.335 e. The highest BCUT2D eigenvalue weighted by Gasteiger charge is 2.27. The van der Waals surface area contributed by atoms with E-state index >= 15 is 0 Å². The van der Waals surface area contributed by atoms with E-state index in [4.69, 9.17) is 10.5 Å². The van der Waals surface area contributed by atoms with Crippen molar-refractivity contribution in [3.05, 3.63) is 47.5 Å². The Morgan fingerprint density at radius 2 is 1.80 bits per heavy atom. The highest BCUT2D eigenvalue weighted by molar-refractivity contribution is 7.89. The van der Waals surface area contributed by atoms with Crippen LogP contribution in [-0.2, 0) is 16.4 Å². The summed E-state index contributed by atoms with van der Waals surface area (Å²) in [7, 11) is -3.77. The number of hydrogen-bond acceptors (Lipinski definition) is 5. The number of carboxylic acid groups (broad SMARTS) is 1. The molecule has 1 fully saturated rings. The lowest BCUT2D eigenvalue weighted by molar-refractivity contribution is 0.0696. The molecule has 7 nitrogen and oxygen atoms in total. The van der Waals surface area contributed by atoms with Crippen LogP contribution in [-0.4, -0.2) is 49.5 Å². The van der Waals surface area contributed by atoms with Crippen molar-refractivity contribution < 1.29 is 23.1 Å². The summed E-state index contributed by atoms with van der Waals surface area (Å²) < 4.78 is 33.8. The van der Waals surface area contributed by atoms with Crippen LogP contribution in [0.15, 0.2) is 41.3 Å². The van der Waals surface area contributed by atoms with Crippen molar-refractivity contribution >= 4 is 16.0 Å². The number of benzene rings is 2. The van der Waals surface area contributed by atoms with Crippen molar-refractivity contribution in [1.29, 1.82) is 0 Å². The van der Waals surface area contributed by atoms with E-state index in [0.29, 0.717) is 31.6 Å². The van der Waals surface area contributed by atoms with Crippen molar-refractivity contribution in [2.45, 2.75) is 43.1 Å². The molecule has 2 aliphatic rings. The maximum atomic E-state index is 13.3. The summed E-state index contributed by atoms with van der Waals surface area (Å²) in [4.78, 5) is 11.7. The summed E-state index contributed by atoms with van der Waals surface area (Å²) in [5.74, 6) is -0.391. The Labute approximate surface area is 176 Å².